The molecule has 0 saturated carbocycles. The molecule has 2 aromatic rings. The van der Waals surface area contributed by atoms with Gasteiger partial charge >= 0.3 is 0 Å². The van der Waals surface area contributed by atoms with Crippen LogP contribution in [0.25, 0.3) is 11.1 Å². The molecule has 2 aromatic carbocycles. The van der Waals surface area contributed by atoms with Gasteiger partial charge in [-0.25, -0.2) is 8.70 Å². The summed E-state index contributed by atoms with van der Waals surface area (Å²) in [5.74, 6) is -0.173. The molecule has 35 heavy (non-hydrogen) atoms. The maximum absolute atomic E-state index is 15.5. The van der Waals surface area contributed by atoms with Crippen LogP contribution in [0.3, 0.4) is 0 Å². The lowest BCUT2D eigenvalue weighted by Gasteiger charge is -2.47. The van der Waals surface area contributed by atoms with Gasteiger partial charge in [0, 0.05) is 60.0 Å². The molecule has 192 valence electrons. The number of nitrogens with zero attached hydrogens (tertiary/aromatic N) is 1. The zero-order valence-corrected chi connectivity index (χ0v) is 22.0. The number of halogens is 1. The van der Waals surface area contributed by atoms with Gasteiger partial charge in [0.15, 0.2) is 5.67 Å². The Balaban J connectivity index is 1.81. The maximum Gasteiger partial charge on any atom is 0.258 e. The Bertz CT molecular complexity index is 1120. The third kappa shape index (κ3) is 6.31. The standard InChI is InChI=1S/C25H33FN2O5S2/c1-18-7-5-6-8-21(18)22-17-20(33-3)9-10-23(22)35(31,32)28-14-12-25(26,13-15-28)24(29)27-19(2)11-16-34(4)30/h5-11,16-17,19,31-32H,12-15H2,1-4H3,(H,27,29)/b16-11-/t19-,34?/m1/s1. The fourth-order valence-corrected chi connectivity index (χ4v) is 6.18. The van der Waals surface area contributed by atoms with Gasteiger partial charge < -0.3 is 10.1 Å². The lowest BCUT2D eigenvalue weighted by Crippen LogP contribution is -2.52. The van der Waals surface area contributed by atoms with Crippen molar-refractivity contribution in [1.29, 1.82) is 0 Å². The molecular weight excluding hydrogens is 491 g/mol. The fourth-order valence-electron chi connectivity index (χ4n) is 4.03. The number of alkyl halides is 1. The third-order valence-electron chi connectivity index (χ3n) is 6.12. The molecule has 3 N–H and O–H groups in total. The molecule has 0 radical (unpaired) electrons. The molecule has 0 bridgehead atoms. The average molecular weight is 525 g/mol. The highest BCUT2D eigenvalue weighted by molar-refractivity contribution is 8.22. The van der Waals surface area contributed by atoms with Crippen molar-refractivity contribution in [3.63, 3.8) is 0 Å². The van der Waals surface area contributed by atoms with E-state index in [0.29, 0.717) is 16.2 Å². The second-order valence-electron chi connectivity index (χ2n) is 8.68. The number of amides is 1. The molecule has 0 spiro atoms. The number of benzene rings is 2. The van der Waals surface area contributed by atoms with Crippen molar-refractivity contribution in [2.75, 3.05) is 26.5 Å². The van der Waals surface area contributed by atoms with Crippen molar-refractivity contribution in [3.05, 3.63) is 59.5 Å². The highest BCUT2D eigenvalue weighted by Gasteiger charge is 2.45. The van der Waals surface area contributed by atoms with E-state index in [1.165, 1.54) is 16.0 Å². The van der Waals surface area contributed by atoms with Gasteiger partial charge in [-0.05, 0) is 43.2 Å². The number of ether oxygens (including phenoxy) is 1. The van der Waals surface area contributed by atoms with Crippen LogP contribution in [0.15, 0.2) is 58.8 Å². The summed E-state index contributed by atoms with van der Waals surface area (Å²) in [6, 6.07) is 12.2. The summed E-state index contributed by atoms with van der Waals surface area (Å²) in [7, 11) is -3.08. The summed E-state index contributed by atoms with van der Waals surface area (Å²) in [6.45, 7) is 3.60. The van der Waals surface area contributed by atoms with Gasteiger partial charge in [0.25, 0.3) is 5.91 Å². The molecular formula is C25H33FN2O5S2. The summed E-state index contributed by atoms with van der Waals surface area (Å²) in [5.41, 5.74) is 0.308. The molecule has 1 unspecified atom stereocenters. The SMILES string of the molecule is COc1ccc(S(O)(O)N2CCC(F)(C(=O)N[C@H](C)/C=C\S(C)=O)CC2)c(-c2ccccc2C)c1. The Kier molecular flexibility index (Phi) is 8.76. The van der Waals surface area contributed by atoms with Crippen LogP contribution in [0.5, 0.6) is 5.75 Å². The zero-order valence-electron chi connectivity index (χ0n) is 20.4. The van der Waals surface area contributed by atoms with Crippen LogP contribution in [0.4, 0.5) is 4.39 Å². The second-order valence-corrected chi connectivity index (χ2v) is 11.9. The van der Waals surface area contributed by atoms with Gasteiger partial charge in [-0.2, -0.15) is 0 Å². The number of rotatable bonds is 8. The van der Waals surface area contributed by atoms with Gasteiger partial charge in [0.2, 0.25) is 0 Å². The normalized spacial score (nSPS) is 18.7. The van der Waals surface area contributed by atoms with Crippen LogP contribution in [0.1, 0.15) is 25.3 Å². The fraction of sp³-hybridized carbons (Fsp3) is 0.400. The molecule has 2 atom stereocenters. The number of nitrogens with one attached hydrogen (secondary N) is 1. The Morgan fingerprint density at radius 2 is 1.89 bits per heavy atom. The largest absolute Gasteiger partial charge is 0.497 e. The predicted octanol–water partition coefficient (Wildman–Crippen LogP) is 4.90. The van der Waals surface area contributed by atoms with Crippen molar-refractivity contribution in [1.82, 2.24) is 9.62 Å². The second kappa shape index (κ2) is 11.2. The average Bonchev–Trinajstić information content (AvgIpc) is 2.83. The van der Waals surface area contributed by atoms with Crippen molar-refractivity contribution in [2.24, 2.45) is 0 Å². The van der Waals surface area contributed by atoms with E-state index in [0.717, 1.165) is 11.1 Å². The number of hydrogen-bond donors (Lipinski definition) is 3. The van der Waals surface area contributed by atoms with Gasteiger partial charge in [0.05, 0.1) is 12.0 Å². The van der Waals surface area contributed by atoms with Crippen molar-refractivity contribution >= 4 is 27.5 Å². The number of hydrogen-bond acceptors (Lipinski definition) is 6. The van der Waals surface area contributed by atoms with E-state index in [1.54, 1.807) is 38.3 Å². The predicted molar refractivity (Wildman–Crippen MR) is 140 cm³/mol. The number of aryl methyl sites for hydroxylation is 1. The first-order valence-corrected chi connectivity index (χ1v) is 14.4. The minimum Gasteiger partial charge on any atom is -0.497 e. The molecule has 1 aliphatic rings. The van der Waals surface area contributed by atoms with E-state index in [1.807, 2.05) is 31.2 Å². The van der Waals surface area contributed by atoms with Crippen LogP contribution < -0.4 is 10.1 Å². The topological polar surface area (TPSA) is 99.1 Å². The number of carbonyl (C=O) groups excluding carboxylic acids is 1. The Labute approximate surface area is 210 Å². The molecule has 10 heteroatoms. The molecule has 0 aromatic heterocycles. The van der Waals surface area contributed by atoms with Crippen molar-refractivity contribution in [2.45, 2.75) is 43.3 Å². The lowest BCUT2D eigenvalue weighted by atomic mass is 9.93. The summed E-state index contributed by atoms with van der Waals surface area (Å²) in [4.78, 5) is 12.9. The van der Waals surface area contributed by atoms with Crippen LogP contribution in [-0.4, -0.2) is 61.7 Å². The molecule has 1 amide bonds. The maximum atomic E-state index is 15.5. The zero-order chi connectivity index (χ0) is 25.8. The first-order chi connectivity index (χ1) is 16.5. The van der Waals surface area contributed by atoms with E-state index in [4.69, 9.17) is 4.74 Å². The third-order valence-corrected chi connectivity index (χ3v) is 8.69. The summed E-state index contributed by atoms with van der Waals surface area (Å²) in [5, 5.41) is 4.03. The van der Waals surface area contributed by atoms with Crippen molar-refractivity contribution in [3.8, 4) is 16.9 Å². The number of carbonyl (C=O) groups is 1. The summed E-state index contributed by atoms with van der Waals surface area (Å²) < 4.78 is 56.2. The summed E-state index contributed by atoms with van der Waals surface area (Å²) >= 11 is 0. The van der Waals surface area contributed by atoms with E-state index in [2.05, 4.69) is 5.32 Å². The molecule has 7 nitrogen and oxygen atoms in total. The molecule has 1 heterocycles. The van der Waals surface area contributed by atoms with Crippen LogP contribution in [-0.2, 0) is 15.6 Å². The molecule has 1 aliphatic heterocycles. The van der Waals surface area contributed by atoms with E-state index < -0.39 is 39.2 Å². The van der Waals surface area contributed by atoms with Gasteiger partial charge in [0.1, 0.15) is 5.75 Å². The highest BCUT2D eigenvalue weighted by Crippen LogP contribution is 2.57. The van der Waals surface area contributed by atoms with E-state index in [-0.39, 0.29) is 25.9 Å². The van der Waals surface area contributed by atoms with E-state index >= 15 is 4.39 Å². The molecule has 1 fully saturated rings. The Morgan fingerprint density at radius 1 is 1.23 bits per heavy atom. The first-order valence-electron chi connectivity index (χ1n) is 11.3. The number of methoxy groups -OCH3 is 1. The smallest absolute Gasteiger partial charge is 0.258 e. The quantitative estimate of drug-likeness (QED) is 0.455. The minimum atomic E-state index is -3.47. The Morgan fingerprint density at radius 3 is 2.49 bits per heavy atom. The minimum absolute atomic E-state index is 0.00527. The van der Waals surface area contributed by atoms with Crippen LogP contribution in [0, 0.1) is 6.92 Å². The molecule has 3 rings (SSSR count). The van der Waals surface area contributed by atoms with Gasteiger partial charge in [-0.1, -0.05) is 30.3 Å². The monoisotopic (exact) mass is 524 g/mol. The summed E-state index contributed by atoms with van der Waals surface area (Å²) in [6.07, 6.45) is 2.70. The van der Waals surface area contributed by atoms with Crippen LogP contribution >= 0.6 is 10.8 Å². The number of piperidine rings is 1. The van der Waals surface area contributed by atoms with Gasteiger partial charge in [-0.15, -0.1) is 10.8 Å². The highest BCUT2D eigenvalue weighted by atomic mass is 32.3. The van der Waals surface area contributed by atoms with E-state index in [9.17, 15) is 18.1 Å². The van der Waals surface area contributed by atoms with Gasteiger partial charge in [-0.3, -0.25) is 18.1 Å². The Hall–Kier alpha value is -2.24. The van der Waals surface area contributed by atoms with Crippen LogP contribution in [0.2, 0.25) is 0 Å². The lowest BCUT2D eigenvalue weighted by molar-refractivity contribution is -0.135. The molecule has 1 saturated heterocycles. The molecule has 0 aliphatic carbocycles. The van der Waals surface area contributed by atoms with Crippen molar-refractivity contribution < 1.29 is 27.2 Å². The first kappa shape index (κ1) is 27.3.